The number of hydrogen-bond acceptors (Lipinski definition) is 5. The summed E-state index contributed by atoms with van der Waals surface area (Å²) in [6.45, 7) is 1.93. The first-order valence-corrected chi connectivity index (χ1v) is 8.10. The number of rotatable bonds is 6. The van der Waals surface area contributed by atoms with E-state index in [0.29, 0.717) is 17.1 Å². The first-order valence-electron chi connectivity index (χ1n) is 8.10. The van der Waals surface area contributed by atoms with Gasteiger partial charge >= 0.3 is 0 Å². The maximum absolute atomic E-state index is 12.5. The molecule has 26 heavy (non-hydrogen) atoms. The molecule has 3 rings (SSSR count). The number of benzene rings is 2. The zero-order valence-electron chi connectivity index (χ0n) is 14.8. The van der Waals surface area contributed by atoms with Crippen LogP contribution in [0.5, 0.6) is 11.5 Å². The van der Waals surface area contributed by atoms with Gasteiger partial charge in [0.1, 0.15) is 12.7 Å². The Morgan fingerprint density at radius 3 is 2.42 bits per heavy atom. The third-order valence-corrected chi connectivity index (χ3v) is 4.07. The van der Waals surface area contributed by atoms with E-state index in [2.05, 4.69) is 15.4 Å². The molecule has 7 nitrogen and oxygen atoms in total. The number of amides is 1. The van der Waals surface area contributed by atoms with Crippen molar-refractivity contribution in [2.45, 2.75) is 13.0 Å². The molecule has 0 saturated heterocycles. The van der Waals surface area contributed by atoms with Gasteiger partial charge in [0.2, 0.25) is 0 Å². The maximum Gasteiger partial charge on any atom is 0.251 e. The lowest BCUT2D eigenvalue weighted by molar-refractivity contribution is 0.0939. The van der Waals surface area contributed by atoms with Crippen LogP contribution in [-0.4, -0.2) is 34.9 Å². The summed E-state index contributed by atoms with van der Waals surface area (Å²) >= 11 is 0. The lowest BCUT2D eigenvalue weighted by Crippen LogP contribution is -2.26. The second-order valence-corrected chi connectivity index (χ2v) is 5.70. The molecule has 0 bridgehead atoms. The van der Waals surface area contributed by atoms with Crippen LogP contribution in [0.4, 0.5) is 0 Å². The second kappa shape index (κ2) is 7.69. The van der Waals surface area contributed by atoms with Gasteiger partial charge in [-0.1, -0.05) is 12.1 Å². The molecule has 1 heterocycles. The Morgan fingerprint density at radius 2 is 1.81 bits per heavy atom. The molecule has 0 aliphatic rings. The zero-order valence-corrected chi connectivity index (χ0v) is 14.8. The van der Waals surface area contributed by atoms with E-state index in [-0.39, 0.29) is 11.9 Å². The molecule has 2 aromatic carbocycles. The highest BCUT2D eigenvalue weighted by molar-refractivity contribution is 5.95. The average molecular weight is 352 g/mol. The number of hydrogen-bond donors (Lipinski definition) is 1. The monoisotopic (exact) mass is 352 g/mol. The molecule has 1 N–H and O–H groups in total. The van der Waals surface area contributed by atoms with Crippen LogP contribution in [0.15, 0.2) is 55.1 Å². The highest BCUT2D eigenvalue weighted by atomic mass is 16.5. The van der Waals surface area contributed by atoms with E-state index >= 15 is 0 Å². The van der Waals surface area contributed by atoms with E-state index in [1.165, 1.54) is 6.33 Å². The van der Waals surface area contributed by atoms with Crippen molar-refractivity contribution in [3.8, 4) is 17.2 Å². The molecule has 1 unspecified atom stereocenters. The van der Waals surface area contributed by atoms with Crippen LogP contribution in [0.25, 0.3) is 5.69 Å². The summed E-state index contributed by atoms with van der Waals surface area (Å²) in [5.74, 6) is 0.921. The number of methoxy groups -OCH3 is 2. The molecule has 0 radical (unpaired) electrons. The summed E-state index contributed by atoms with van der Waals surface area (Å²) in [7, 11) is 3.10. The average Bonchev–Trinajstić information content (AvgIpc) is 3.22. The summed E-state index contributed by atoms with van der Waals surface area (Å²) in [5.41, 5.74) is 2.40. The third kappa shape index (κ3) is 3.66. The maximum atomic E-state index is 12.5. The minimum atomic E-state index is -0.182. The number of ether oxygens (including phenoxy) is 2. The van der Waals surface area contributed by atoms with E-state index in [0.717, 1.165) is 11.3 Å². The lowest BCUT2D eigenvalue weighted by atomic mass is 10.1. The van der Waals surface area contributed by atoms with Crippen LogP contribution in [0.3, 0.4) is 0 Å². The summed E-state index contributed by atoms with van der Waals surface area (Å²) in [6.07, 6.45) is 3.12. The molecule has 0 spiro atoms. The van der Waals surface area contributed by atoms with Gasteiger partial charge in [0.25, 0.3) is 5.91 Å². The molecule has 134 valence electrons. The van der Waals surface area contributed by atoms with Gasteiger partial charge < -0.3 is 14.8 Å². The van der Waals surface area contributed by atoms with E-state index in [1.807, 2.05) is 31.2 Å². The Morgan fingerprint density at radius 1 is 1.08 bits per heavy atom. The molecule has 1 amide bonds. The largest absolute Gasteiger partial charge is 0.493 e. The normalized spacial score (nSPS) is 11.7. The quantitative estimate of drug-likeness (QED) is 0.738. The highest BCUT2D eigenvalue weighted by Crippen LogP contribution is 2.27. The summed E-state index contributed by atoms with van der Waals surface area (Å²) < 4.78 is 12.1. The SMILES string of the molecule is COc1ccc(C(=O)NC(C)c2ccc(-n3cncn3)cc2)cc1OC. The number of nitrogens with one attached hydrogen (secondary N) is 1. The predicted molar refractivity (Wildman–Crippen MR) is 96.8 cm³/mol. The van der Waals surface area contributed by atoms with Gasteiger partial charge in [-0.2, -0.15) is 5.10 Å². The fourth-order valence-electron chi connectivity index (χ4n) is 2.60. The number of nitrogens with zero attached hydrogens (tertiary/aromatic N) is 3. The van der Waals surface area contributed by atoms with Gasteiger partial charge in [0.05, 0.1) is 25.9 Å². The van der Waals surface area contributed by atoms with E-state index < -0.39 is 0 Å². The van der Waals surface area contributed by atoms with Gasteiger partial charge in [-0.3, -0.25) is 4.79 Å². The Labute approximate surface area is 151 Å². The van der Waals surface area contributed by atoms with Crippen LogP contribution in [0, 0.1) is 0 Å². The Bertz CT molecular complexity index is 876. The van der Waals surface area contributed by atoms with Crippen LogP contribution < -0.4 is 14.8 Å². The van der Waals surface area contributed by atoms with Gasteiger partial charge in [-0.05, 0) is 42.8 Å². The number of carbonyl (C=O) groups is 1. The minimum Gasteiger partial charge on any atom is -0.493 e. The molecule has 1 aromatic heterocycles. The highest BCUT2D eigenvalue weighted by Gasteiger charge is 2.14. The molecule has 3 aromatic rings. The van der Waals surface area contributed by atoms with Crippen LogP contribution in [0.1, 0.15) is 28.9 Å². The van der Waals surface area contributed by atoms with Crippen molar-refractivity contribution in [2.24, 2.45) is 0 Å². The van der Waals surface area contributed by atoms with Crippen LogP contribution in [-0.2, 0) is 0 Å². The first kappa shape index (κ1) is 17.5. The smallest absolute Gasteiger partial charge is 0.251 e. The van der Waals surface area contributed by atoms with Crippen molar-refractivity contribution in [2.75, 3.05) is 14.2 Å². The fourth-order valence-corrected chi connectivity index (χ4v) is 2.60. The minimum absolute atomic E-state index is 0.152. The van der Waals surface area contributed by atoms with Gasteiger partial charge in [0, 0.05) is 5.56 Å². The van der Waals surface area contributed by atoms with Gasteiger partial charge in [-0.15, -0.1) is 0 Å². The molecule has 0 saturated carbocycles. The molecule has 0 aliphatic heterocycles. The zero-order chi connectivity index (χ0) is 18.5. The molecular weight excluding hydrogens is 332 g/mol. The molecule has 1 atom stereocenters. The number of carbonyl (C=O) groups excluding carboxylic acids is 1. The summed E-state index contributed by atoms with van der Waals surface area (Å²) in [6, 6.07) is 12.7. The molecular formula is C19H20N4O3. The standard InChI is InChI=1S/C19H20N4O3/c1-13(14-4-7-16(8-5-14)23-12-20-11-21-23)22-19(24)15-6-9-17(25-2)18(10-15)26-3/h4-13H,1-3H3,(H,22,24). The Hall–Kier alpha value is -3.35. The molecule has 7 heteroatoms. The van der Waals surface area contributed by atoms with Gasteiger partial charge in [-0.25, -0.2) is 9.67 Å². The van der Waals surface area contributed by atoms with Crippen molar-refractivity contribution >= 4 is 5.91 Å². The van der Waals surface area contributed by atoms with E-state index in [4.69, 9.17) is 9.47 Å². The van der Waals surface area contributed by atoms with Crippen molar-refractivity contribution in [1.29, 1.82) is 0 Å². The molecule has 0 aliphatic carbocycles. The van der Waals surface area contributed by atoms with E-state index in [1.54, 1.807) is 43.4 Å². The first-order chi connectivity index (χ1) is 12.6. The topological polar surface area (TPSA) is 78.3 Å². The summed E-state index contributed by atoms with van der Waals surface area (Å²) in [4.78, 5) is 16.5. The van der Waals surface area contributed by atoms with Crippen LogP contribution >= 0.6 is 0 Å². The lowest BCUT2D eigenvalue weighted by Gasteiger charge is -2.16. The second-order valence-electron chi connectivity index (χ2n) is 5.70. The predicted octanol–water partition coefficient (Wildman–Crippen LogP) is 2.78. The van der Waals surface area contributed by atoms with Crippen molar-refractivity contribution < 1.29 is 14.3 Å². The summed E-state index contributed by atoms with van der Waals surface area (Å²) in [5, 5.41) is 7.08. The van der Waals surface area contributed by atoms with E-state index in [9.17, 15) is 4.79 Å². The van der Waals surface area contributed by atoms with Crippen molar-refractivity contribution in [3.05, 3.63) is 66.2 Å². The molecule has 0 fully saturated rings. The third-order valence-electron chi connectivity index (χ3n) is 4.07. The Kier molecular flexibility index (Phi) is 5.17. The van der Waals surface area contributed by atoms with Crippen molar-refractivity contribution in [3.63, 3.8) is 0 Å². The van der Waals surface area contributed by atoms with Gasteiger partial charge in [0.15, 0.2) is 11.5 Å². The fraction of sp³-hybridized carbons (Fsp3) is 0.211. The number of aromatic nitrogens is 3. The van der Waals surface area contributed by atoms with Crippen molar-refractivity contribution in [1.82, 2.24) is 20.1 Å². The Balaban J connectivity index is 1.71. The van der Waals surface area contributed by atoms with Crippen LogP contribution in [0.2, 0.25) is 0 Å².